The predicted octanol–water partition coefficient (Wildman–Crippen LogP) is 4.03. The van der Waals surface area contributed by atoms with Crippen molar-refractivity contribution >= 4 is 5.69 Å². The molecule has 2 N–H and O–H groups in total. The Labute approximate surface area is 136 Å². The molecule has 7 heteroatoms. The third kappa shape index (κ3) is 3.08. The van der Waals surface area contributed by atoms with E-state index < -0.39 is 6.36 Å². The van der Waals surface area contributed by atoms with Crippen molar-refractivity contribution in [2.24, 2.45) is 0 Å². The molecular formula is C17H13F3N2O2. The van der Waals surface area contributed by atoms with Crippen molar-refractivity contribution in [1.29, 1.82) is 5.26 Å². The lowest BCUT2D eigenvalue weighted by Crippen LogP contribution is -2.17. The van der Waals surface area contributed by atoms with Crippen molar-refractivity contribution in [3.8, 4) is 28.7 Å². The fourth-order valence-corrected chi connectivity index (χ4v) is 2.75. The van der Waals surface area contributed by atoms with Gasteiger partial charge < -0.3 is 15.2 Å². The Balaban J connectivity index is 2.04. The molecule has 2 aromatic rings. The molecule has 0 radical (unpaired) electrons. The Morgan fingerprint density at radius 1 is 1.21 bits per heavy atom. The third-order valence-corrected chi connectivity index (χ3v) is 3.74. The maximum atomic E-state index is 12.2. The van der Waals surface area contributed by atoms with Gasteiger partial charge in [0, 0.05) is 11.1 Å². The SMILES string of the molecule is N#Cc1c(N)cc(-c2ccc(OC(F)(F)F)cc2)c2c1CCCO2. The zero-order chi connectivity index (χ0) is 17.3. The van der Waals surface area contributed by atoms with Gasteiger partial charge in [-0.1, -0.05) is 12.1 Å². The average Bonchev–Trinajstić information content (AvgIpc) is 2.53. The fraction of sp³-hybridized carbons (Fsp3) is 0.235. The van der Waals surface area contributed by atoms with Crippen LogP contribution in [-0.4, -0.2) is 13.0 Å². The van der Waals surface area contributed by atoms with Gasteiger partial charge in [0.05, 0.1) is 17.9 Å². The first-order valence-electron chi connectivity index (χ1n) is 7.23. The number of ether oxygens (including phenoxy) is 2. The number of alkyl halides is 3. The monoisotopic (exact) mass is 334 g/mol. The highest BCUT2D eigenvalue weighted by atomic mass is 19.4. The van der Waals surface area contributed by atoms with E-state index in [0.29, 0.717) is 41.2 Å². The summed E-state index contributed by atoms with van der Waals surface area (Å²) in [6.45, 7) is 0.518. The van der Waals surface area contributed by atoms with Crippen molar-refractivity contribution < 1.29 is 22.6 Å². The van der Waals surface area contributed by atoms with Crippen molar-refractivity contribution in [3.05, 3.63) is 41.5 Å². The molecule has 0 unspecified atom stereocenters. The first-order chi connectivity index (χ1) is 11.4. The summed E-state index contributed by atoms with van der Waals surface area (Å²) in [5.41, 5.74) is 8.71. The van der Waals surface area contributed by atoms with Crippen LogP contribution < -0.4 is 15.2 Å². The van der Waals surface area contributed by atoms with Gasteiger partial charge >= 0.3 is 6.36 Å². The summed E-state index contributed by atoms with van der Waals surface area (Å²) in [5, 5.41) is 9.27. The number of hydrogen-bond donors (Lipinski definition) is 1. The van der Waals surface area contributed by atoms with Gasteiger partial charge in [0.25, 0.3) is 0 Å². The Morgan fingerprint density at radius 3 is 2.54 bits per heavy atom. The molecule has 0 bridgehead atoms. The number of nitrogens with zero attached hydrogens (tertiary/aromatic N) is 1. The lowest BCUT2D eigenvalue weighted by atomic mass is 9.92. The zero-order valence-electron chi connectivity index (χ0n) is 12.5. The van der Waals surface area contributed by atoms with E-state index >= 15 is 0 Å². The molecule has 3 rings (SSSR count). The van der Waals surface area contributed by atoms with Gasteiger partial charge in [-0.2, -0.15) is 5.26 Å². The van der Waals surface area contributed by atoms with Crippen molar-refractivity contribution in [1.82, 2.24) is 0 Å². The normalized spacial score (nSPS) is 13.6. The number of nitrogens with two attached hydrogens (primary N) is 1. The van der Waals surface area contributed by atoms with Crippen LogP contribution in [0.1, 0.15) is 17.5 Å². The average molecular weight is 334 g/mol. The topological polar surface area (TPSA) is 68.3 Å². The second kappa shape index (κ2) is 5.96. The minimum Gasteiger partial charge on any atom is -0.493 e. The maximum absolute atomic E-state index is 12.2. The molecule has 0 fully saturated rings. The quantitative estimate of drug-likeness (QED) is 0.842. The van der Waals surface area contributed by atoms with Crippen molar-refractivity contribution in [3.63, 3.8) is 0 Å². The number of hydrogen-bond acceptors (Lipinski definition) is 4. The number of benzene rings is 2. The van der Waals surface area contributed by atoms with Gasteiger partial charge in [-0.25, -0.2) is 0 Å². The van der Waals surface area contributed by atoms with Crippen LogP contribution in [0.4, 0.5) is 18.9 Å². The van der Waals surface area contributed by atoms with Crippen LogP contribution in [0.2, 0.25) is 0 Å². The molecule has 2 aromatic carbocycles. The van der Waals surface area contributed by atoms with E-state index in [2.05, 4.69) is 10.8 Å². The van der Waals surface area contributed by atoms with Crippen LogP contribution in [0, 0.1) is 11.3 Å². The molecule has 1 aliphatic rings. The maximum Gasteiger partial charge on any atom is 0.573 e. The number of anilines is 1. The molecule has 1 aliphatic heterocycles. The van der Waals surface area contributed by atoms with E-state index in [-0.39, 0.29) is 5.75 Å². The molecule has 0 aliphatic carbocycles. The van der Waals surface area contributed by atoms with Gasteiger partial charge in [0.15, 0.2) is 0 Å². The van der Waals surface area contributed by atoms with E-state index in [9.17, 15) is 18.4 Å². The minimum atomic E-state index is -4.73. The molecule has 1 heterocycles. The summed E-state index contributed by atoms with van der Waals surface area (Å²) in [5.74, 6) is 0.263. The molecule has 0 saturated carbocycles. The van der Waals surface area contributed by atoms with E-state index in [0.717, 1.165) is 12.0 Å². The summed E-state index contributed by atoms with van der Waals surface area (Å²) < 4.78 is 46.3. The first kappa shape index (κ1) is 16.0. The lowest BCUT2D eigenvalue weighted by Gasteiger charge is -2.23. The second-order valence-corrected chi connectivity index (χ2v) is 5.33. The number of rotatable bonds is 2. The summed E-state index contributed by atoms with van der Waals surface area (Å²) in [7, 11) is 0. The summed E-state index contributed by atoms with van der Waals surface area (Å²) in [6.07, 6.45) is -3.28. The molecular weight excluding hydrogens is 321 g/mol. The summed E-state index contributed by atoms with van der Waals surface area (Å²) in [6, 6.07) is 9.16. The van der Waals surface area contributed by atoms with Gasteiger partial charge in [-0.05, 0) is 36.6 Å². The predicted molar refractivity (Wildman–Crippen MR) is 81.5 cm³/mol. The standard InChI is InChI=1S/C17H13F3N2O2/c18-17(19,20)24-11-5-3-10(4-6-11)13-8-15(22)14(9-21)12-2-1-7-23-16(12)13/h3-6,8H,1-2,7,22H2. The highest BCUT2D eigenvalue weighted by Crippen LogP contribution is 2.41. The molecule has 4 nitrogen and oxygen atoms in total. The van der Waals surface area contributed by atoms with Gasteiger partial charge in [-0.3, -0.25) is 0 Å². The Kier molecular flexibility index (Phi) is 3.97. The molecule has 0 aromatic heterocycles. The molecule has 124 valence electrons. The van der Waals surface area contributed by atoms with Crippen LogP contribution in [0.5, 0.6) is 11.5 Å². The van der Waals surface area contributed by atoms with Gasteiger partial charge in [0.2, 0.25) is 0 Å². The molecule has 0 spiro atoms. The Bertz CT molecular complexity index is 809. The van der Waals surface area contributed by atoms with Crippen LogP contribution in [0.3, 0.4) is 0 Å². The first-order valence-corrected chi connectivity index (χ1v) is 7.23. The van der Waals surface area contributed by atoms with Crippen molar-refractivity contribution in [2.75, 3.05) is 12.3 Å². The van der Waals surface area contributed by atoms with E-state index in [1.165, 1.54) is 24.3 Å². The lowest BCUT2D eigenvalue weighted by molar-refractivity contribution is -0.274. The Morgan fingerprint density at radius 2 is 1.92 bits per heavy atom. The van der Waals surface area contributed by atoms with Crippen LogP contribution in [-0.2, 0) is 6.42 Å². The molecule has 0 atom stereocenters. The van der Waals surface area contributed by atoms with Crippen molar-refractivity contribution in [2.45, 2.75) is 19.2 Å². The minimum absolute atomic E-state index is 0.303. The third-order valence-electron chi connectivity index (χ3n) is 3.74. The molecule has 0 amide bonds. The van der Waals surface area contributed by atoms with Crippen LogP contribution >= 0.6 is 0 Å². The highest BCUT2D eigenvalue weighted by Gasteiger charge is 2.31. The van der Waals surface area contributed by atoms with E-state index in [1.54, 1.807) is 6.07 Å². The van der Waals surface area contributed by atoms with E-state index in [4.69, 9.17) is 10.5 Å². The largest absolute Gasteiger partial charge is 0.573 e. The molecule has 0 saturated heterocycles. The molecule has 24 heavy (non-hydrogen) atoms. The summed E-state index contributed by atoms with van der Waals surface area (Å²) in [4.78, 5) is 0. The number of halogens is 3. The Hall–Kier alpha value is -2.88. The van der Waals surface area contributed by atoms with Gasteiger partial charge in [0.1, 0.15) is 17.6 Å². The van der Waals surface area contributed by atoms with Crippen LogP contribution in [0.15, 0.2) is 30.3 Å². The zero-order valence-corrected chi connectivity index (χ0v) is 12.5. The fourth-order valence-electron chi connectivity index (χ4n) is 2.75. The smallest absolute Gasteiger partial charge is 0.493 e. The van der Waals surface area contributed by atoms with E-state index in [1.807, 2.05) is 0 Å². The van der Waals surface area contributed by atoms with Crippen LogP contribution in [0.25, 0.3) is 11.1 Å². The van der Waals surface area contributed by atoms with Gasteiger partial charge in [-0.15, -0.1) is 13.2 Å². The summed E-state index contributed by atoms with van der Waals surface area (Å²) >= 11 is 0. The number of nitrogen functional groups attached to an aromatic ring is 1. The number of nitriles is 1. The number of fused-ring (bicyclic) bond motifs is 1. The highest BCUT2D eigenvalue weighted by molar-refractivity contribution is 5.80. The second-order valence-electron chi connectivity index (χ2n) is 5.33.